The number of amides is 1. The Kier molecular flexibility index (Phi) is 12.8. The Bertz CT molecular complexity index is 875. The fourth-order valence-corrected chi connectivity index (χ4v) is 5.68. The summed E-state index contributed by atoms with van der Waals surface area (Å²) in [6.45, 7) is 6.42. The third-order valence-electron chi connectivity index (χ3n) is 7.90. The summed E-state index contributed by atoms with van der Waals surface area (Å²) in [5, 5.41) is 2.64. The van der Waals surface area contributed by atoms with Gasteiger partial charge in [-0.15, -0.1) is 0 Å². The highest BCUT2D eigenvalue weighted by molar-refractivity contribution is 5.75. The highest BCUT2D eigenvalue weighted by atomic mass is 16.5. The molecule has 0 aromatic heterocycles. The maximum atomic E-state index is 13.1. The van der Waals surface area contributed by atoms with Gasteiger partial charge in [0.05, 0.1) is 30.8 Å². The Morgan fingerprint density at radius 2 is 1.74 bits per heavy atom. The Balaban J connectivity index is 1.71. The molecule has 6 nitrogen and oxygen atoms in total. The maximum Gasteiger partial charge on any atom is 0.309 e. The van der Waals surface area contributed by atoms with Crippen molar-refractivity contribution in [3.8, 4) is 0 Å². The Hall–Kier alpha value is -2.18. The summed E-state index contributed by atoms with van der Waals surface area (Å²) in [4.78, 5) is 24.4. The maximum absolute atomic E-state index is 13.1. The van der Waals surface area contributed by atoms with Crippen molar-refractivity contribution in [1.82, 2.24) is 5.32 Å². The predicted octanol–water partition coefficient (Wildman–Crippen LogP) is 6.37. The summed E-state index contributed by atoms with van der Waals surface area (Å²) in [5.41, 5.74) is 1.36. The predicted molar refractivity (Wildman–Crippen MR) is 152 cm³/mol. The van der Waals surface area contributed by atoms with E-state index in [-0.39, 0.29) is 48.6 Å². The number of esters is 1. The molecule has 3 rings (SSSR count). The molecule has 0 spiro atoms. The number of carbonyl (C=O) groups excluding carboxylic acids is 2. The quantitative estimate of drug-likeness (QED) is 0.188. The summed E-state index contributed by atoms with van der Waals surface area (Å²) in [5.74, 6) is 0.272. The van der Waals surface area contributed by atoms with Crippen LogP contribution < -0.4 is 5.32 Å². The minimum atomic E-state index is -0.356. The van der Waals surface area contributed by atoms with Crippen LogP contribution in [0, 0.1) is 11.8 Å². The van der Waals surface area contributed by atoms with Crippen LogP contribution in [-0.2, 0) is 23.8 Å². The molecule has 6 heteroatoms. The number of nitrogens with one attached hydrogen (secondary N) is 1. The van der Waals surface area contributed by atoms with Crippen LogP contribution in [0.5, 0.6) is 0 Å². The number of hydrogen-bond acceptors (Lipinski definition) is 5. The average molecular weight is 528 g/mol. The zero-order valence-electron chi connectivity index (χ0n) is 23.9. The van der Waals surface area contributed by atoms with Crippen molar-refractivity contribution in [1.29, 1.82) is 0 Å². The lowest BCUT2D eigenvalue weighted by Gasteiger charge is -2.37. The summed E-state index contributed by atoms with van der Waals surface area (Å²) in [7, 11) is 1.66. The average Bonchev–Trinajstić information content (AvgIpc) is 2.89. The van der Waals surface area contributed by atoms with Crippen LogP contribution in [0.1, 0.15) is 91.4 Å². The number of fused-ring (bicyclic) bond motifs is 4. The lowest BCUT2D eigenvalue weighted by Crippen LogP contribution is -2.37. The van der Waals surface area contributed by atoms with Crippen LogP contribution in [0.3, 0.4) is 0 Å². The second-order valence-electron chi connectivity index (χ2n) is 11.3. The van der Waals surface area contributed by atoms with E-state index >= 15 is 0 Å². The fraction of sp³-hybridized carbons (Fsp3) is 0.688. The first-order valence-electron chi connectivity index (χ1n) is 14.7. The molecule has 3 aliphatic rings. The first kappa shape index (κ1) is 30.4. The third kappa shape index (κ3) is 10.5. The van der Waals surface area contributed by atoms with E-state index in [9.17, 15) is 9.59 Å². The van der Waals surface area contributed by atoms with Gasteiger partial charge >= 0.3 is 5.97 Å². The highest BCUT2D eigenvalue weighted by Crippen LogP contribution is 2.33. The molecule has 38 heavy (non-hydrogen) atoms. The third-order valence-corrected chi connectivity index (χ3v) is 7.90. The number of allylic oxidation sites excluding steroid dienone is 5. The fourth-order valence-electron chi connectivity index (χ4n) is 5.68. The first-order valence-corrected chi connectivity index (χ1v) is 14.7. The number of unbranched alkanes of at least 4 members (excludes halogenated alkanes) is 1. The van der Waals surface area contributed by atoms with Gasteiger partial charge in [-0.25, -0.2) is 0 Å². The van der Waals surface area contributed by atoms with E-state index in [1.165, 1.54) is 12.0 Å². The number of cyclic esters (lactones) is 1. The van der Waals surface area contributed by atoms with Gasteiger partial charge in [0, 0.05) is 25.8 Å². The highest BCUT2D eigenvalue weighted by Gasteiger charge is 2.32. The molecule has 0 radical (unpaired) electrons. The van der Waals surface area contributed by atoms with Crippen molar-refractivity contribution >= 4 is 11.9 Å². The van der Waals surface area contributed by atoms with Crippen molar-refractivity contribution in [3.63, 3.8) is 0 Å². The van der Waals surface area contributed by atoms with Gasteiger partial charge in [0.2, 0.25) is 5.91 Å². The second kappa shape index (κ2) is 16.0. The Morgan fingerprint density at radius 3 is 2.50 bits per heavy atom. The Morgan fingerprint density at radius 1 is 1.00 bits per heavy atom. The molecule has 0 saturated carbocycles. The van der Waals surface area contributed by atoms with Crippen molar-refractivity contribution in [2.75, 3.05) is 7.05 Å². The molecule has 7 unspecified atom stereocenters. The van der Waals surface area contributed by atoms with Crippen molar-refractivity contribution < 1.29 is 23.8 Å². The van der Waals surface area contributed by atoms with E-state index in [1.54, 1.807) is 7.05 Å². The second-order valence-corrected chi connectivity index (χ2v) is 11.3. The number of carbonyl (C=O) groups is 2. The lowest BCUT2D eigenvalue weighted by molar-refractivity contribution is -0.154. The smallest absolute Gasteiger partial charge is 0.309 e. The molecule has 0 aromatic carbocycles. The van der Waals surface area contributed by atoms with Crippen molar-refractivity contribution in [3.05, 3.63) is 48.1 Å². The first-order chi connectivity index (χ1) is 18.4. The zero-order chi connectivity index (χ0) is 27.3. The molecule has 3 heterocycles. The van der Waals surface area contributed by atoms with E-state index in [0.29, 0.717) is 18.4 Å². The van der Waals surface area contributed by atoms with Crippen LogP contribution in [0.4, 0.5) is 0 Å². The SMILES string of the molecule is C/C=C1\CC2CC(=O)OC(/C=C/C=C\CCCC(=O)NC)C(C)/C=C/C(C)CC3CCCC(CC(C1)O2)O3. The van der Waals surface area contributed by atoms with Gasteiger partial charge in [-0.05, 0) is 70.3 Å². The Labute approximate surface area is 229 Å². The summed E-state index contributed by atoms with van der Waals surface area (Å²) < 4.78 is 19.0. The summed E-state index contributed by atoms with van der Waals surface area (Å²) in [6, 6.07) is 0. The van der Waals surface area contributed by atoms with Crippen LogP contribution in [-0.4, -0.2) is 49.4 Å². The van der Waals surface area contributed by atoms with Crippen LogP contribution >= 0.6 is 0 Å². The lowest BCUT2D eigenvalue weighted by atomic mass is 9.90. The molecule has 2 fully saturated rings. The van der Waals surface area contributed by atoms with E-state index < -0.39 is 0 Å². The number of hydrogen-bond donors (Lipinski definition) is 1. The van der Waals surface area contributed by atoms with Crippen LogP contribution in [0.2, 0.25) is 0 Å². The monoisotopic (exact) mass is 527 g/mol. The molecule has 2 saturated heterocycles. The standard InChI is InChI=1S/C32H49NO5/c1-5-25-19-28-21-27-13-11-12-26(36-27)18-23(2)16-17-24(3)30(38-32(35)22-29(20-25)37-28)14-9-7-6-8-10-15-31(34)33-4/h5-7,9,14,16-17,23-24,26-30H,8,10-13,15,18-22H2,1-4H3,(H,33,34)/b7-6-,14-9+,17-16+,25-5-. The van der Waals surface area contributed by atoms with E-state index in [4.69, 9.17) is 14.2 Å². The topological polar surface area (TPSA) is 73.9 Å². The van der Waals surface area contributed by atoms with Gasteiger partial charge < -0.3 is 19.5 Å². The summed E-state index contributed by atoms with van der Waals surface area (Å²) >= 11 is 0. The minimum Gasteiger partial charge on any atom is -0.457 e. The van der Waals surface area contributed by atoms with E-state index in [2.05, 4.69) is 44.3 Å². The molecule has 0 aromatic rings. The summed E-state index contributed by atoms with van der Waals surface area (Å²) in [6.07, 6.45) is 24.1. The minimum absolute atomic E-state index is 0.0401. The number of ether oxygens (including phenoxy) is 3. The molecule has 212 valence electrons. The zero-order valence-corrected chi connectivity index (χ0v) is 23.9. The van der Waals surface area contributed by atoms with Gasteiger partial charge in [0.25, 0.3) is 0 Å². The van der Waals surface area contributed by atoms with Crippen molar-refractivity contribution in [2.24, 2.45) is 11.8 Å². The van der Waals surface area contributed by atoms with Gasteiger partial charge in [0.1, 0.15) is 6.10 Å². The van der Waals surface area contributed by atoms with Crippen LogP contribution in [0.15, 0.2) is 48.1 Å². The normalized spacial score (nSPS) is 35.3. The molecule has 4 bridgehead atoms. The van der Waals surface area contributed by atoms with Crippen LogP contribution in [0.25, 0.3) is 0 Å². The largest absolute Gasteiger partial charge is 0.457 e. The molecule has 3 aliphatic heterocycles. The molecule has 7 atom stereocenters. The van der Waals surface area contributed by atoms with Gasteiger partial charge in [0.15, 0.2) is 0 Å². The molecular weight excluding hydrogens is 478 g/mol. The molecule has 0 aliphatic carbocycles. The van der Waals surface area contributed by atoms with Crippen molar-refractivity contribution in [2.45, 2.75) is 122 Å². The molecule has 1 N–H and O–H groups in total. The van der Waals surface area contributed by atoms with Gasteiger partial charge in [-0.1, -0.05) is 55.9 Å². The van der Waals surface area contributed by atoms with E-state index in [1.807, 2.05) is 24.3 Å². The van der Waals surface area contributed by atoms with E-state index in [0.717, 1.165) is 51.4 Å². The van der Waals surface area contributed by atoms with Gasteiger partial charge in [-0.3, -0.25) is 9.59 Å². The number of rotatable bonds is 6. The molecular formula is C32H49NO5. The van der Waals surface area contributed by atoms with Gasteiger partial charge in [-0.2, -0.15) is 0 Å². The molecule has 1 amide bonds.